The Morgan fingerprint density at radius 1 is 1.30 bits per heavy atom. The number of nitrogens with zero attached hydrogens (tertiary/aromatic N) is 2. The predicted molar refractivity (Wildman–Crippen MR) is 84.2 cm³/mol. The van der Waals surface area contributed by atoms with Crippen molar-refractivity contribution in [2.45, 2.75) is 25.9 Å². The number of aromatic nitrogens is 1. The molecular weight excluding hydrogens is 316 g/mol. The quantitative estimate of drug-likeness (QED) is 0.835. The second-order valence-electron chi connectivity index (χ2n) is 4.92. The van der Waals surface area contributed by atoms with Crippen molar-refractivity contribution in [1.82, 2.24) is 4.57 Å². The molecule has 2 aromatic rings. The summed E-state index contributed by atoms with van der Waals surface area (Å²) in [6.07, 6.45) is 3.09. The van der Waals surface area contributed by atoms with E-state index in [1.807, 2.05) is 12.1 Å². The molecule has 104 valence electrons. The minimum atomic E-state index is 0.303. The van der Waals surface area contributed by atoms with Gasteiger partial charge in [-0.05, 0) is 30.2 Å². The Morgan fingerprint density at radius 3 is 2.90 bits per heavy atom. The average Bonchev–Trinajstić information content (AvgIpc) is 3.09. The van der Waals surface area contributed by atoms with Gasteiger partial charge in [0.05, 0.1) is 6.04 Å². The van der Waals surface area contributed by atoms with Gasteiger partial charge >= 0.3 is 0 Å². The molecule has 0 fully saturated rings. The van der Waals surface area contributed by atoms with Gasteiger partial charge in [0.25, 0.3) is 0 Å². The fraction of sp³-hybridized carbons (Fsp3) is 0.312. The lowest BCUT2D eigenvalue weighted by Crippen LogP contribution is -2.10. The predicted octanol–water partition coefficient (Wildman–Crippen LogP) is 3.85. The molecule has 20 heavy (non-hydrogen) atoms. The normalized spacial score (nSPS) is 17.9. The van der Waals surface area contributed by atoms with E-state index in [0.29, 0.717) is 12.6 Å². The SMILES string of the molecule is CC[C@@H]1COC(c2cccn2Cc2ccccc2Br)=N1. The van der Waals surface area contributed by atoms with E-state index in [0.717, 1.165) is 29.0 Å². The first-order chi connectivity index (χ1) is 9.78. The maximum atomic E-state index is 5.73. The summed E-state index contributed by atoms with van der Waals surface area (Å²) in [6.45, 7) is 3.65. The third kappa shape index (κ3) is 2.66. The van der Waals surface area contributed by atoms with Crippen LogP contribution in [-0.4, -0.2) is 23.1 Å². The Morgan fingerprint density at radius 2 is 2.15 bits per heavy atom. The molecule has 1 atom stereocenters. The van der Waals surface area contributed by atoms with Crippen molar-refractivity contribution in [3.8, 4) is 0 Å². The number of benzene rings is 1. The monoisotopic (exact) mass is 332 g/mol. The van der Waals surface area contributed by atoms with Crippen LogP contribution in [0.15, 0.2) is 52.1 Å². The zero-order valence-corrected chi connectivity index (χ0v) is 13.0. The molecule has 1 aliphatic rings. The highest BCUT2D eigenvalue weighted by atomic mass is 79.9. The van der Waals surface area contributed by atoms with E-state index < -0.39 is 0 Å². The average molecular weight is 333 g/mol. The van der Waals surface area contributed by atoms with E-state index in [9.17, 15) is 0 Å². The molecule has 0 radical (unpaired) electrons. The molecule has 0 saturated carbocycles. The molecular formula is C16H17BrN2O. The third-order valence-electron chi connectivity index (χ3n) is 3.53. The van der Waals surface area contributed by atoms with Gasteiger partial charge in [0, 0.05) is 17.2 Å². The highest BCUT2D eigenvalue weighted by Crippen LogP contribution is 2.20. The minimum Gasteiger partial charge on any atom is -0.474 e. The maximum Gasteiger partial charge on any atom is 0.233 e. The van der Waals surface area contributed by atoms with Crippen LogP contribution in [0.25, 0.3) is 0 Å². The molecule has 0 saturated heterocycles. The van der Waals surface area contributed by atoms with Crippen LogP contribution in [0, 0.1) is 0 Å². The fourth-order valence-electron chi connectivity index (χ4n) is 2.32. The van der Waals surface area contributed by atoms with Crippen molar-refractivity contribution < 1.29 is 4.74 Å². The van der Waals surface area contributed by atoms with Gasteiger partial charge < -0.3 is 9.30 Å². The van der Waals surface area contributed by atoms with Crippen molar-refractivity contribution in [3.05, 3.63) is 58.3 Å². The lowest BCUT2D eigenvalue weighted by Gasteiger charge is -2.10. The van der Waals surface area contributed by atoms with Crippen LogP contribution in [0.3, 0.4) is 0 Å². The van der Waals surface area contributed by atoms with Gasteiger partial charge in [0.15, 0.2) is 0 Å². The van der Waals surface area contributed by atoms with Gasteiger partial charge in [-0.25, -0.2) is 4.99 Å². The number of ether oxygens (including phenoxy) is 1. The van der Waals surface area contributed by atoms with Gasteiger partial charge in [0.2, 0.25) is 5.90 Å². The summed E-state index contributed by atoms with van der Waals surface area (Å²) >= 11 is 3.60. The number of halogens is 1. The zero-order chi connectivity index (χ0) is 13.9. The largest absolute Gasteiger partial charge is 0.474 e. The summed E-state index contributed by atoms with van der Waals surface area (Å²) in [5.74, 6) is 0.772. The van der Waals surface area contributed by atoms with Crippen molar-refractivity contribution >= 4 is 21.8 Å². The first kappa shape index (κ1) is 13.4. The van der Waals surface area contributed by atoms with Crippen LogP contribution in [0.1, 0.15) is 24.6 Å². The van der Waals surface area contributed by atoms with Crippen LogP contribution in [0.5, 0.6) is 0 Å². The lowest BCUT2D eigenvalue weighted by molar-refractivity contribution is 0.313. The van der Waals surface area contributed by atoms with E-state index in [-0.39, 0.29) is 0 Å². The smallest absolute Gasteiger partial charge is 0.233 e. The van der Waals surface area contributed by atoms with Crippen LogP contribution in [0.4, 0.5) is 0 Å². The number of aliphatic imine (C=N–C) groups is 1. The van der Waals surface area contributed by atoms with E-state index in [4.69, 9.17) is 4.74 Å². The standard InChI is InChI=1S/C16H17BrN2O/c1-2-13-11-20-16(18-13)15-8-5-9-19(15)10-12-6-3-4-7-14(12)17/h3-9,13H,2,10-11H2,1H3/t13-/m1/s1. The highest BCUT2D eigenvalue weighted by molar-refractivity contribution is 9.10. The Kier molecular flexibility index (Phi) is 3.92. The van der Waals surface area contributed by atoms with Crippen LogP contribution >= 0.6 is 15.9 Å². The Labute approximate surface area is 127 Å². The molecule has 0 N–H and O–H groups in total. The van der Waals surface area contributed by atoms with Crippen LogP contribution in [0.2, 0.25) is 0 Å². The van der Waals surface area contributed by atoms with Gasteiger partial charge in [-0.1, -0.05) is 41.1 Å². The van der Waals surface area contributed by atoms with Gasteiger partial charge in [0.1, 0.15) is 12.3 Å². The summed E-state index contributed by atoms with van der Waals surface area (Å²) < 4.78 is 9.03. The molecule has 0 spiro atoms. The first-order valence-corrected chi connectivity index (χ1v) is 7.66. The molecule has 2 heterocycles. The Balaban J connectivity index is 1.86. The summed E-state index contributed by atoms with van der Waals surface area (Å²) in [5.41, 5.74) is 2.30. The molecule has 0 unspecified atom stereocenters. The minimum absolute atomic E-state index is 0.303. The molecule has 1 aliphatic heterocycles. The Hall–Kier alpha value is -1.55. The molecule has 0 aliphatic carbocycles. The summed E-state index contributed by atoms with van der Waals surface area (Å²) in [5, 5.41) is 0. The van der Waals surface area contributed by atoms with Crippen LogP contribution in [-0.2, 0) is 11.3 Å². The van der Waals surface area contributed by atoms with Crippen molar-refractivity contribution in [2.24, 2.45) is 4.99 Å². The fourth-order valence-corrected chi connectivity index (χ4v) is 2.73. The van der Waals surface area contributed by atoms with Crippen molar-refractivity contribution in [2.75, 3.05) is 6.61 Å². The second kappa shape index (κ2) is 5.83. The van der Waals surface area contributed by atoms with Gasteiger partial charge in [-0.15, -0.1) is 0 Å². The number of hydrogen-bond donors (Lipinski definition) is 0. The molecule has 0 amide bonds. The zero-order valence-electron chi connectivity index (χ0n) is 11.4. The van der Waals surface area contributed by atoms with Crippen LogP contribution < -0.4 is 0 Å². The van der Waals surface area contributed by atoms with E-state index in [1.165, 1.54) is 5.56 Å². The van der Waals surface area contributed by atoms with E-state index in [1.54, 1.807) is 0 Å². The summed E-state index contributed by atoms with van der Waals surface area (Å²) in [7, 11) is 0. The lowest BCUT2D eigenvalue weighted by atomic mass is 10.2. The van der Waals surface area contributed by atoms with Gasteiger partial charge in [-0.2, -0.15) is 0 Å². The molecule has 3 rings (SSSR count). The molecule has 3 nitrogen and oxygen atoms in total. The third-order valence-corrected chi connectivity index (χ3v) is 4.30. The number of rotatable bonds is 4. The molecule has 4 heteroatoms. The Bertz CT molecular complexity index is 633. The van der Waals surface area contributed by atoms with Crippen molar-refractivity contribution in [3.63, 3.8) is 0 Å². The van der Waals surface area contributed by atoms with E-state index in [2.05, 4.69) is 62.9 Å². The number of hydrogen-bond acceptors (Lipinski definition) is 2. The van der Waals surface area contributed by atoms with E-state index >= 15 is 0 Å². The first-order valence-electron chi connectivity index (χ1n) is 6.87. The topological polar surface area (TPSA) is 26.5 Å². The molecule has 0 bridgehead atoms. The highest BCUT2D eigenvalue weighted by Gasteiger charge is 2.20. The van der Waals surface area contributed by atoms with Gasteiger partial charge in [-0.3, -0.25) is 0 Å². The molecule has 1 aromatic carbocycles. The summed E-state index contributed by atoms with van der Waals surface area (Å²) in [4.78, 5) is 4.64. The molecule has 1 aromatic heterocycles. The maximum absolute atomic E-state index is 5.73. The second-order valence-corrected chi connectivity index (χ2v) is 5.77. The summed E-state index contributed by atoms with van der Waals surface area (Å²) in [6, 6.07) is 12.7. The van der Waals surface area contributed by atoms with Crippen molar-refractivity contribution in [1.29, 1.82) is 0 Å².